The second-order valence-corrected chi connectivity index (χ2v) is 5.34. The maximum absolute atomic E-state index is 13.0. The fourth-order valence-corrected chi connectivity index (χ4v) is 2.86. The van der Waals surface area contributed by atoms with E-state index in [-0.39, 0.29) is 11.2 Å². The summed E-state index contributed by atoms with van der Waals surface area (Å²) in [5.74, 6) is 0.353. The molecule has 0 aliphatic carbocycles. The molecule has 0 aliphatic rings. The zero-order valence-corrected chi connectivity index (χ0v) is 12.8. The fraction of sp³-hybridized carbons (Fsp3) is 0.0526. The third kappa shape index (κ3) is 2.02. The number of hydrogen-bond donors (Lipinski definition) is 1. The van der Waals surface area contributed by atoms with Gasteiger partial charge in [-0.2, -0.15) is 0 Å². The van der Waals surface area contributed by atoms with Crippen LogP contribution in [0.5, 0.6) is 11.5 Å². The Bertz CT molecular complexity index is 1120. The van der Waals surface area contributed by atoms with Crippen molar-refractivity contribution in [2.45, 2.75) is 0 Å². The number of benzene rings is 2. The van der Waals surface area contributed by atoms with Crippen LogP contribution in [0.25, 0.3) is 33.0 Å². The molecule has 4 aromatic rings. The monoisotopic (exact) mass is 319 g/mol. The Morgan fingerprint density at radius 3 is 2.67 bits per heavy atom. The molecule has 5 nitrogen and oxygen atoms in total. The van der Waals surface area contributed by atoms with E-state index in [1.165, 1.54) is 13.4 Å². The van der Waals surface area contributed by atoms with Crippen molar-refractivity contribution in [3.05, 3.63) is 65.1 Å². The van der Waals surface area contributed by atoms with Crippen LogP contribution in [0.2, 0.25) is 0 Å². The van der Waals surface area contributed by atoms with E-state index in [4.69, 9.17) is 9.15 Å². The first kappa shape index (κ1) is 14.3. The van der Waals surface area contributed by atoms with Crippen LogP contribution in [0.3, 0.4) is 0 Å². The van der Waals surface area contributed by atoms with Crippen molar-refractivity contribution in [3.63, 3.8) is 0 Å². The fourth-order valence-electron chi connectivity index (χ4n) is 2.86. The number of aromatic hydroxyl groups is 1. The summed E-state index contributed by atoms with van der Waals surface area (Å²) in [5.41, 5.74) is 1.19. The van der Waals surface area contributed by atoms with Crippen LogP contribution in [0.4, 0.5) is 0 Å². The van der Waals surface area contributed by atoms with E-state index >= 15 is 0 Å². The predicted octanol–water partition coefficient (Wildman–Crippen LogP) is 3.72. The number of ether oxygens (including phenoxy) is 1. The third-order valence-corrected chi connectivity index (χ3v) is 4.03. The van der Waals surface area contributed by atoms with Gasteiger partial charge in [-0.25, -0.2) is 0 Å². The first-order chi connectivity index (χ1) is 11.7. The van der Waals surface area contributed by atoms with Gasteiger partial charge in [0.15, 0.2) is 11.5 Å². The Kier molecular flexibility index (Phi) is 3.20. The van der Waals surface area contributed by atoms with Gasteiger partial charge in [0.2, 0.25) is 5.43 Å². The van der Waals surface area contributed by atoms with Gasteiger partial charge in [0.05, 0.1) is 23.8 Å². The highest BCUT2D eigenvalue weighted by Crippen LogP contribution is 2.37. The van der Waals surface area contributed by atoms with Gasteiger partial charge in [-0.05, 0) is 36.4 Å². The highest BCUT2D eigenvalue weighted by Gasteiger charge is 2.15. The first-order valence-electron chi connectivity index (χ1n) is 7.36. The van der Waals surface area contributed by atoms with Crippen molar-refractivity contribution in [2.24, 2.45) is 0 Å². The largest absolute Gasteiger partial charge is 0.504 e. The molecule has 0 unspecified atom stereocenters. The molecule has 0 fully saturated rings. The van der Waals surface area contributed by atoms with Gasteiger partial charge >= 0.3 is 0 Å². The minimum absolute atomic E-state index is 0.000427. The van der Waals surface area contributed by atoms with E-state index in [0.29, 0.717) is 38.7 Å². The van der Waals surface area contributed by atoms with E-state index in [1.54, 1.807) is 42.6 Å². The molecule has 2 aromatic carbocycles. The van der Waals surface area contributed by atoms with Crippen LogP contribution in [0.1, 0.15) is 0 Å². The molecule has 0 atom stereocenters. The highest BCUT2D eigenvalue weighted by atomic mass is 16.5. The molecule has 0 radical (unpaired) electrons. The van der Waals surface area contributed by atoms with E-state index in [0.717, 1.165) is 0 Å². The van der Waals surface area contributed by atoms with Crippen LogP contribution < -0.4 is 10.2 Å². The summed E-state index contributed by atoms with van der Waals surface area (Å²) < 4.78 is 10.8. The molecule has 2 aromatic heterocycles. The lowest BCUT2D eigenvalue weighted by Crippen LogP contribution is -2.06. The number of pyridine rings is 1. The van der Waals surface area contributed by atoms with Gasteiger partial charge in [-0.3, -0.25) is 9.78 Å². The summed E-state index contributed by atoms with van der Waals surface area (Å²) in [4.78, 5) is 17.2. The van der Waals surface area contributed by atoms with Gasteiger partial charge in [-0.15, -0.1) is 0 Å². The molecule has 24 heavy (non-hydrogen) atoms. The van der Waals surface area contributed by atoms with Crippen LogP contribution in [-0.2, 0) is 0 Å². The summed E-state index contributed by atoms with van der Waals surface area (Å²) in [7, 11) is 1.48. The minimum atomic E-state index is -0.190. The molecular weight excluding hydrogens is 306 g/mol. The van der Waals surface area contributed by atoms with Crippen molar-refractivity contribution in [2.75, 3.05) is 7.11 Å². The molecule has 0 saturated heterocycles. The van der Waals surface area contributed by atoms with E-state index in [9.17, 15) is 9.90 Å². The Morgan fingerprint density at radius 2 is 1.92 bits per heavy atom. The standard InChI is InChI=1S/C19H13NO4/c1-23-16-8-5-11-12(18(16)21)6-7-15-17(11)19(22)13(10-24-15)14-4-2-3-9-20-14/h2-10,21H,1H3. The number of aromatic nitrogens is 1. The average molecular weight is 319 g/mol. The Labute approximate surface area is 136 Å². The molecule has 0 saturated carbocycles. The summed E-state index contributed by atoms with van der Waals surface area (Å²) in [6.07, 6.45) is 3.04. The maximum atomic E-state index is 13.0. The summed E-state index contributed by atoms with van der Waals surface area (Å²) >= 11 is 0. The number of phenolic OH excluding ortho intramolecular Hbond substituents is 1. The summed E-state index contributed by atoms with van der Waals surface area (Å²) in [6, 6.07) is 12.1. The smallest absolute Gasteiger partial charge is 0.202 e. The Hall–Kier alpha value is -3.34. The van der Waals surface area contributed by atoms with Gasteiger partial charge in [-0.1, -0.05) is 6.07 Å². The zero-order valence-electron chi connectivity index (χ0n) is 12.8. The van der Waals surface area contributed by atoms with E-state index < -0.39 is 0 Å². The second kappa shape index (κ2) is 5.38. The quantitative estimate of drug-likeness (QED) is 0.570. The minimum Gasteiger partial charge on any atom is -0.504 e. The lowest BCUT2D eigenvalue weighted by Gasteiger charge is -2.09. The molecule has 5 heteroatoms. The molecule has 0 bridgehead atoms. The van der Waals surface area contributed by atoms with Crippen LogP contribution in [0, 0.1) is 0 Å². The molecule has 0 spiro atoms. The Morgan fingerprint density at radius 1 is 1.08 bits per heavy atom. The SMILES string of the molecule is COc1ccc2c(ccc3occ(-c4ccccn4)c(=O)c32)c1O. The molecule has 0 amide bonds. The van der Waals surface area contributed by atoms with Crippen molar-refractivity contribution < 1.29 is 14.3 Å². The molecule has 1 N–H and O–H groups in total. The van der Waals surface area contributed by atoms with Crippen LogP contribution in [-0.4, -0.2) is 17.2 Å². The average Bonchev–Trinajstić information content (AvgIpc) is 2.63. The van der Waals surface area contributed by atoms with Crippen LogP contribution >= 0.6 is 0 Å². The molecule has 0 aliphatic heterocycles. The predicted molar refractivity (Wildman–Crippen MR) is 91.4 cm³/mol. The van der Waals surface area contributed by atoms with E-state index in [2.05, 4.69) is 4.98 Å². The van der Waals surface area contributed by atoms with Crippen molar-refractivity contribution in [1.29, 1.82) is 0 Å². The number of nitrogens with zero attached hydrogens (tertiary/aromatic N) is 1. The zero-order chi connectivity index (χ0) is 16.7. The lowest BCUT2D eigenvalue weighted by atomic mass is 10.0. The number of rotatable bonds is 2. The number of hydrogen-bond acceptors (Lipinski definition) is 5. The maximum Gasteiger partial charge on any atom is 0.202 e. The second-order valence-electron chi connectivity index (χ2n) is 5.34. The topological polar surface area (TPSA) is 72.6 Å². The molecule has 2 heterocycles. The number of fused-ring (bicyclic) bond motifs is 3. The van der Waals surface area contributed by atoms with E-state index in [1.807, 2.05) is 6.07 Å². The van der Waals surface area contributed by atoms with Crippen molar-refractivity contribution in [3.8, 4) is 22.8 Å². The normalized spacial score (nSPS) is 11.0. The summed E-state index contributed by atoms with van der Waals surface area (Å²) in [5, 5.41) is 11.9. The van der Waals surface area contributed by atoms with Crippen molar-refractivity contribution in [1.82, 2.24) is 4.98 Å². The Balaban J connectivity index is 2.12. The van der Waals surface area contributed by atoms with Gasteiger partial charge in [0.25, 0.3) is 0 Å². The van der Waals surface area contributed by atoms with Crippen LogP contribution in [0.15, 0.2) is 64.1 Å². The number of methoxy groups -OCH3 is 1. The lowest BCUT2D eigenvalue weighted by molar-refractivity contribution is 0.376. The molecular formula is C19H13NO4. The van der Waals surface area contributed by atoms with Gasteiger partial charge in [0.1, 0.15) is 11.8 Å². The van der Waals surface area contributed by atoms with Crippen molar-refractivity contribution >= 4 is 21.7 Å². The third-order valence-electron chi connectivity index (χ3n) is 4.03. The van der Waals surface area contributed by atoms with Gasteiger partial charge < -0.3 is 14.3 Å². The highest BCUT2D eigenvalue weighted by molar-refractivity contribution is 6.09. The molecule has 118 valence electrons. The first-order valence-corrected chi connectivity index (χ1v) is 7.36. The van der Waals surface area contributed by atoms with Gasteiger partial charge in [0, 0.05) is 17.0 Å². The summed E-state index contributed by atoms with van der Waals surface area (Å²) in [6.45, 7) is 0. The number of phenols is 1. The molecule has 4 rings (SSSR count).